The van der Waals surface area contributed by atoms with Crippen LogP contribution in [0.15, 0.2) is 70.2 Å². The van der Waals surface area contributed by atoms with Gasteiger partial charge in [-0.3, -0.25) is 4.79 Å². The number of nitrogens with zero attached hydrogens (tertiary/aromatic N) is 5. The van der Waals surface area contributed by atoms with E-state index < -0.39 is 0 Å². The standard InChI is InChI=1S/C19H16N6O2/c1-13(17-11-15-9-5-6-10-16(15)27-17)20-21-18(26)12-25-23-19(22-24-25)14-7-3-2-4-8-14/h2-11H,12H2,1H3,(H,21,26). The van der Waals surface area contributed by atoms with E-state index in [0.29, 0.717) is 17.3 Å². The van der Waals surface area contributed by atoms with Gasteiger partial charge in [0.25, 0.3) is 5.91 Å². The van der Waals surface area contributed by atoms with Gasteiger partial charge in [-0.05, 0) is 24.3 Å². The number of aromatic nitrogens is 4. The fraction of sp³-hybridized carbons (Fsp3) is 0.105. The van der Waals surface area contributed by atoms with E-state index in [2.05, 4.69) is 25.9 Å². The van der Waals surface area contributed by atoms with Gasteiger partial charge < -0.3 is 4.42 Å². The minimum atomic E-state index is -0.359. The zero-order chi connectivity index (χ0) is 18.6. The highest BCUT2D eigenvalue weighted by atomic mass is 16.3. The number of carbonyl (C=O) groups is 1. The van der Waals surface area contributed by atoms with Gasteiger partial charge in [0.05, 0.1) is 0 Å². The molecule has 8 heteroatoms. The van der Waals surface area contributed by atoms with Crippen LogP contribution in [0, 0.1) is 0 Å². The van der Waals surface area contributed by atoms with Crippen LogP contribution >= 0.6 is 0 Å². The van der Waals surface area contributed by atoms with Crippen LogP contribution in [-0.4, -0.2) is 31.8 Å². The smallest absolute Gasteiger partial charge is 0.263 e. The van der Waals surface area contributed by atoms with Crippen molar-refractivity contribution < 1.29 is 9.21 Å². The Balaban J connectivity index is 1.40. The van der Waals surface area contributed by atoms with Crippen molar-refractivity contribution >= 4 is 22.6 Å². The van der Waals surface area contributed by atoms with Gasteiger partial charge in [-0.2, -0.15) is 9.90 Å². The van der Waals surface area contributed by atoms with Crippen molar-refractivity contribution in [1.29, 1.82) is 0 Å². The zero-order valence-corrected chi connectivity index (χ0v) is 14.5. The number of fused-ring (bicyclic) bond motifs is 1. The summed E-state index contributed by atoms with van der Waals surface area (Å²) in [5, 5.41) is 17.1. The second-order valence-corrected chi connectivity index (χ2v) is 5.89. The van der Waals surface area contributed by atoms with Gasteiger partial charge in [-0.1, -0.05) is 48.5 Å². The molecule has 2 aromatic heterocycles. The third-order valence-corrected chi connectivity index (χ3v) is 3.90. The molecular weight excluding hydrogens is 344 g/mol. The Morgan fingerprint density at radius 2 is 1.93 bits per heavy atom. The first-order valence-corrected chi connectivity index (χ1v) is 8.34. The number of nitrogens with one attached hydrogen (secondary N) is 1. The second kappa shape index (κ2) is 7.20. The van der Waals surface area contributed by atoms with E-state index in [1.165, 1.54) is 4.80 Å². The number of furan rings is 1. The maximum atomic E-state index is 12.1. The predicted octanol–water partition coefficient (Wildman–Crippen LogP) is 2.63. The highest BCUT2D eigenvalue weighted by molar-refractivity contribution is 6.00. The molecule has 2 heterocycles. The molecule has 4 rings (SSSR count). The average molecular weight is 360 g/mol. The molecule has 0 radical (unpaired) electrons. The maximum Gasteiger partial charge on any atom is 0.263 e. The molecule has 4 aromatic rings. The van der Waals surface area contributed by atoms with Gasteiger partial charge >= 0.3 is 0 Å². The lowest BCUT2D eigenvalue weighted by Crippen LogP contribution is -2.25. The highest BCUT2D eigenvalue weighted by Gasteiger charge is 2.10. The molecule has 0 atom stereocenters. The summed E-state index contributed by atoms with van der Waals surface area (Å²) in [4.78, 5) is 13.3. The fourth-order valence-electron chi connectivity index (χ4n) is 2.54. The van der Waals surface area contributed by atoms with Crippen LogP contribution in [0.25, 0.3) is 22.4 Å². The Morgan fingerprint density at radius 1 is 1.15 bits per heavy atom. The van der Waals surface area contributed by atoms with Crippen LogP contribution in [0.2, 0.25) is 0 Å². The summed E-state index contributed by atoms with van der Waals surface area (Å²) in [6, 6.07) is 19.0. The van der Waals surface area contributed by atoms with Gasteiger partial charge in [0.1, 0.15) is 17.8 Å². The van der Waals surface area contributed by atoms with Crippen molar-refractivity contribution in [3.63, 3.8) is 0 Å². The van der Waals surface area contributed by atoms with E-state index in [0.717, 1.165) is 16.5 Å². The lowest BCUT2D eigenvalue weighted by molar-refractivity contribution is -0.122. The third kappa shape index (κ3) is 3.74. The molecular formula is C19H16N6O2. The summed E-state index contributed by atoms with van der Waals surface area (Å²) in [6.07, 6.45) is 0. The molecule has 1 N–H and O–H groups in total. The minimum Gasteiger partial charge on any atom is -0.455 e. The van der Waals surface area contributed by atoms with Crippen molar-refractivity contribution in [3.8, 4) is 11.4 Å². The summed E-state index contributed by atoms with van der Waals surface area (Å²) in [6.45, 7) is 1.68. The number of amides is 1. The van der Waals surface area contributed by atoms with Gasteiger partial charge in [0.2, 0.25) is 5.82 Å². The van der Waals surface area contributed by atoms with E-state index >= 15 is 0 Å². The molecule has 0 spiro atoms. The van der Waals surface area contributed by atoms with Crippen LogP contribution in [0.1, 0.15) is 12.7 Å². The van der Waals surface area contributed by atoms with Crippen LogP contribution < -0.4 is 5.43 Å². The Labute approximate surface area is 154 Å². The molecule has 0 aliphatic heterocycles. The molecule has 0 aliphatic carbocycles. The first-order chi connectivity index (χ1) is 13.2. The molecule has 0 aliphatic rings. The van der Waals surface area contributed by atoms with E-state index in [1.807, 2.05) is 60.7 Å². The molecule has 134 valence electrons. The number of rotatable bonds is 5. The first kappa shape index (κ1) is 16.6. The average Bonchev–Trinajstić information content (AvgIpc) is 3.33. The number of para-hydroxylation sites is 1. The third-order valence-electron chi connectivity index (χ3n) is 3.90. The largest absolute Gasteiger partial charge is 0.455 e. The van der Waals surface area contributed by atoms with Crippen LogP contribution in [0.4, 0.5) is 0 Å². The minimum absolute atomic E-state index is 0.0866. The van der Waals surface area contributed by atoms with Gasteiger partial charge in [0, 0.05) is 10.9 Å². The van der Waals surface area contributed by atoms with Crippen molar-refractivity contribution in [2.45, 2.75) is 13.5 Å². The van der Waals surface area contributed by atoms with Crippen molar-refractivity contribution in [3.05, 3.63) is 66.4 Å². The molecule has 0 saturated carbocycles. The number of carbonyl (C=O) groups excluding carboxylic acids is 1. The summed E-state index contributed by atoms with van der Waals surface area (Å²) in [5.74, 6) is 0.703. The number of hydrogen-bond donors (Lipinski definition) is 1. The van der Waals surface area contributed by atoms with Gasteiger partial charge in [-0.15, -0.1) is 10.2 Å². The van der Waals surface area contributed by atoms with E-state index in [4.69, 9.17) is 4.42 Å². The van der Waals surface area contributed by atoms with Crippen LogP contribution in [-0.2, 0) is 11.3 Å². The second-order valence-electron chi connectivity index (χ2n) is 5.89. The fourth-order valence-corrected chi connectivity index (χ4v) is 2.54. The molecule has 0 fully saturated rings. The normalized spacial score (nSPS) is 11.7. The van der Waals surface area contributed by atoms with Crippen molar-refractivity contribution in [1.82, 2.24) is 25.6 Å². The highest BCUT2D eigenvalue weighted by Crippen LogP contribution is 2.19. The quantitative estimate of drug-likeness (QED) is 0.436. The van der Waals surface area contributed by atoms with E-state index in [9.17, 15) is 4.79 Å². The van der Waals surface area contributed by atoms with Crippen molar-refractivity contribution in [2.75, 3.05) is 0 Å². The first-order valence-electron chi connectivity index (χ1n) is 8.34. The Kier molecular flexibility index (Phi) is 4.44. The summed E-state index contributed by atoms with van der Waals surface area (Å²) in [5.41, 5.74) is 4.66. The summed E-state index contributed by atoms with van der Waals surface area (Å²) >= 11 is 0. The molecule has 8 nitrogen and oxygen atoms in total. The van der Waals surface area contributed by atoms with Crippen LogP contribution in [0.3, 0.4) is 0 Å². The SMILES string of the molecule is CC(=NNC(=O)Cn1nnc(-c2ccccc2)n1)c1cc2ccccc2o1. The van der Waals surface area contributed by atoms with E-state index in [-0.39, 0.29) is 12.5 Å². The Hall–Kier alpha value is -3.81. The topological polar surface area (TPSA) is 98.2 Å². The molecule has 2 aromatic carbocycles. The Morgan fingerprint density at radius 3 is 2.74 bits per heavy atom. The molecule has 27 heavy (non-hydrogen) atoms. The number of hydrogen-bond acceptors (Lipinski definition) is 6. The van der Waals surface area contributed by atoms with Crippen molar-refractivity contribution in [2.24, 2.45) is 5.10 Å². The van der Waals surface area contributed by atoms with Crippen LogP contribution in [0.5, 0.6) is 0 Å². The van der Waals surface area contributed by atoms with Gasteiger partial charge in [0.15, 0.2) is 5.76 Å². The van der Waals surface area contributed by atoms with E-state index in [1.54, 1.807) is 6.92 Å². The molecule has 0 saturated heterocycles. The zero-order valence-electron chi connectivity index (χ0n) is 14.5. The number of benzene rings is 2. The number of hydrazone groups is 1. The summed E-state index contributed by atoms with van der Waals surface area (Å²) < 4.78 is 5.71. The monoisotopic (exact) mass is 360 g/mol. The summed E-state index contributed by atoms with van der Waals surface area (Å²) in [7, 11) is 0. The van der Waals surface area contributed by atoms with Gasteiger partial charge in [-0.25, -0.2) is 5.43 Å². The lowest BCUT2D eigenvalue weighted by atomic mass is 10.2. The lowest BCUT2D eigenvalue weighted by Gasteiger charge is -2.00. The predicted molar refractivity (Wildman–Crippen MR) is 99.8 cm³/mol. The number of tetrazole rings is 1. The molecule has 1 amide bonds. The molecule has 0 bridgehead atoms. The molecule has 0 unspecified atom stereocenters. The maximum absolute atomic E-state index is 12.1. The Bertz CT molecular complexity index is 1080.